The summed E-state index contributed by atoms with van der Waals surface area (Å²) in [6.45, 7) is 12.9. The second-order valence-corrected chi connectivity index (χ2v) is 14.9. The van der Waals surface area contributed by atoms with Gasteiger partial charge in [-0.05, 0) is 133 Å². The van der Waals surface area contributed by atoms with Gasteiger partial charge in [-0.3, -0.25) is 0 Å². The number of hydrogen-bond donors (Lipinski definition) is 0. The number of fused-ring (bicyclic) bond motifs is 8. The van der Waals surface area contributed by atoms with Crippen molar-refractivity contribution in [3.05, 3.63) is 155 Å². The van der Waals surface area contributed by atoms with Gasteiger partial charge in [-0.1, -0.05) is 96.1 Å². The van der Waals surface area contributed by atoms with Crippen LogP contribution in [0.2, 0.25) is 0 Å². The predicted octanol–water partition coefficient (Wildman–Crippen LogP) is 11.7. The molecule has 8 aromatic rings. The number of furan rings is 1. The average molecular weight is 672 g/mol. The Morgan fingerprint density at radius 3 is 1.87 bits per heavy atom. The molecule has 1 aromatic heterocycles. The van der Waals surface area contributed by atoms with E-state index in [1.54, 1.807) is 0 Å². The van der Waals surface area contributed by atoms with Gasteiger partial charge in [-0.2, -0.15) is 0 Å². The van der Waals surface area contributed by atoms with Gasteiger partial charge in [-0.25, -0.2) is 0 Å². The lowest BCUT2D eigenvalue weighted by molar-refractivity contribution is 0.589. The maximum absolute atomic E-state index is 7.09. The molecule has 0 amide bonds. The molecule has 4 heteroatoms. The molecule has 0 saturated heterocycles. The summed E-state index contributed by atoms with van der Waals surface area (Å²) < 4.78 is 13.9. The Morgan fingerprint density at radius 1 is 0.538 bits per heavy atom. The second-order valence-electron chi connectivity index (χ2n) is 14.9. The summed E-state index contributed by atoms with van der Waals surface area (Å²) >= 11 is 0. The summed E-state index contributed by atoms with van der Waals surface area (Å²) in [5, 5.41) is 2.22. The van der Waals surface area contributed by atoms with Crippen LogP contribution in [0.1, 0.15) is 33.4 Å². The molecule has 2 aliphatic rings. The second kappa shape index (κ2) is 11.3. The first-order chi connectivity index (χ1) is 25.2. The normalized spacial score (nSPS) is 12.9. The highest BCUT2D eigenvalue weighted by Crippen LogP contribution is 2.49. The van der Waals surface area contributed by atoms with E-state index in [1.165, 1.54) is 61.2 Å². The summed E-state index contributed by atoms with van der Waals surface area (Å²) in [6, 6.07) is 44.3. The minimum Gasteiger partial charge on any atom is -0.551 e. The molecule has 52 heavy (non-hydrogen) atoms. The van der Waals surface area contributed by atoms with E-state index in [4.69, 9.17) is 9.07 Å². The molecule has 0 unspecified atom stereocenters. The third-order valence-electron chi connectivity index (χ3n) is 11.2. The monoisotopic (exact) mass is 671 g/mol. The van der Waals surface area contributed by atoms with Crippen LogP contribution in [0, 0.1) is 41.5 Å². The van der Waals surface area contributed by atoms with Gasteiger partial charge in [0, 0.05) is 33.2 Å². The largest absolute Gasteiger partial charge is 0.551 e. The highest BCUT2D eigenvalue weighted by Gasteiger charge is 2.44. The number of nitrogens with zero attached hydrogens (tertiary/aromatic N) is 1. The minimum atomic E-state index is -0.313. The van der Waals surface area contributed by atoms with Crippen LogP contribution in [0.25, 0.3) is 55.3 Å². The van der Waals surface area contributed by atoms with Crippen molar-refractivity contribution in [3.8, 4) is 39.1 Å². The smallest absolute Gasteiger partial charge is 0.431 e. The van der Waals surface area contributed by atoms with Crippen LogP contribution >= 0.6 is 0 Å². The highest BCUT2D eigenvalue weighted by molar-refractivity contribution is 6.86. The first-order valence-corrected chi connectivity index (χ1v) is 18.2. The Kier molecular flexibility index (Phi) is 6.66. The molecule has 0 saturated carbocycles. The molecule has 0 N–H and O–H groups in total. The Balaban J connectivity index is 1.28. The van der Waals surface area contributed by atoms with Crippen molar-refractivity contribution in [2.24, 2.45) is 0 Å². The lowest BCUT2D eigenvalue weighted by atomic mass is 9.49. The van der Waals surface area contributed by atoms with Gasteiger partial charge in [-0.15, -0.1) is 0 Å². The minimum absolute atomic E-state index is 0.313. The molecule has 10 rings (SSSR count). The molecule has 0 radical (unpaired) electrons. The van der Waals surface area contributed by atoms with Crippen LogP contribution in [0.5, 0.6) is 5.75 Å². The summed E-state index contributed by atoms with van der Waals surface area (Å²) in [7, 11) is 0. The molecular weight excluding hydrogens is 633 g/mol. The van der Waals surface area contributed by atoms with E-state index in [2.05, 4.69) is 168 Å². The van der Waals surface area contributed by atoms with Crippen molar-refractivity contribution in [1.29, 1.82) is 0 Å². The highest BCUT2D eigenvalue weighted by atomic mass is 16.4. The molecule has 7 aromatic carbocycles. The SMILES string of the molecule is Cc1cc(C)c(-c2ccc(N3c4ccc(-c5c(C)cc(C)cc5C)cc4B4Oc5ccccc5-c5cc6c(oc7ccccc76)c3c54)cc2)c(C)c1. The predicted molar refractivity (Wildman–Crippen MR) is 219 cm³/mol. The Hall–Kier alpha value is -6.00. The van der Waals surface area contributed by atoms with Gasteiger partial charge >= 0.3 is 6.92 Å². The van der Waals surface area contributed by atoms with Crippen LogP contribution in [0.3, 0.4) is 0 Å². The van der Waals surface area contributed by atoms with E-state index in [9.17, 15) is 0 Å². The maximum atomic E-state index is 7.09. The lowest BCUT2D eigenvalue weighted by Crippen LogP contribution is -2.56. The van der Waals surface area contributed by atoms with E-state index >= 15 is 0 Å². The van der Waals surface area contributed by atoms with E-state index in [0.717, 1.165) is 61.2 Å². The van der Waals surface area contributed by atoms with Gasteiger partial charge in [0.25, 0.3) is 0 Å². The van der Waals surface area contributed by atoms with Gasteiger partial charge < -0.3 is 14.0 Å². The maximum Gasteiger partial charge on any atom is 0.431 e. The molecule has 3 heterocycles. The van der Waals surface area contributed by atoms with Crippen molar-refractivity contribution in [3.63, 3.8) is 0 Å². The van der Waals surface area contributed by atoms with Crippen LogP contribution in [0.15, 0.2) is 126 Å². The fourth-order valence-electron chi connectivity index (χ4n) is 9.32. The van der Waals surface area contributed by atoms with Crippen LogP contribution < -0.4 is 20.5 Å². The molecule has 3 nitrogen and oxygen atoms in total. The van der Waals surface area contributed by atoms with Crippen molar-refractivity contribution in [2.75, 3.05) is 4.90 Å². The first-order valence-electron chi connectivity index (χ1n) is 18.2. The molecule has 0 fully saturated rings. The Morgan fingerprint density at radius 2 is 1.15 bits per heavy atom. The Labute approximate surface area is 305 Å². The van der Waals surface area contributed by atoms with Crippen molar-refractivity contribution in [2.45, 2.75) is 41.5 Å². The van der Waals surface area contributed by atoms with E-state index in [-0.39, 0.29) is 6.92 Å². The average Bonchev–Trinajstić information content (AvgIpc) is 3.50. The van der Waals surface area contributed by atoms with Crippen molar-refractivity contribution >= 4 is 56.8 Å². The topological polar surface area (TPSA) is 25.6 Å². The molecule has 0 aliphatic carbocycles. The fraction of sp³-hybridized carbons (Fsp3) is 0.125. The standard InChI is InChI=1S/C48H38BNO2/c1-27-21-29(3)44(30(4)22-27)33-15-18-35(19-16-33)50-41-20-17-34(45-31(5)23-28(2)24-32(45)6)25-40(41)49-46-38(36-11-8-10-14-43(36)52-49)26-39-37-12-7-9-13-42(37)51-48(39)47(46)50/h7-26H,1-6H3. The van der Waals surface area contributed by atoms with Gasteiger partial charge in [0.1, 0.15) is 11.3 Å². The summed E-state index contributed by atoms with van der Waals surface area (Å²) in [6.07, 6.45) is 0. The van der Waals surface area contributed by atoms with Gasteiger partial charge in [0.15, 0.2) is 5.58 Å². The zero-order valence-electron chi connectivity index (χ0n) is 30.4. The fourth-order valence-corrected chi connectivity index (χ4v) is 9.32. The molecule has 2 aliphatic heterocycles. The summed E-state index contributed by atoms with van der Waals surface area (Å²) in [4.78, 5) is 2.42. The van der Waals surface area contributed by atoms with Crippen molar-refractivity contribution < 1.29 is 9.07 Å². The molecule has 0 bridgehead atoms. The van der Waals surface area contributed by atoms with Crippen LogP contribution in [0.4, 0.5) is 17.1 Å². The van der Waals surface area contributed by atoms with E-state index in [0.29, 0.717) is 0 Å². The number of benzene rings is 7. The van der Waals surface area contributed by atoms with E-state index in [1.807, 2.05) is 0 Å². The number of hydrogen-bond acceptors (Lipinski definition) is 3. The van der Waals surface area contributed by atoms with E-state index < -0.39 is 0 Å². The van der Waals surface area contributed by atoms with Gasteiger partial charge in [0.2, 0.25) is 0 Å². The lowest BCUT2D eigenvalue weighted by Gasteiger charge is -2.39. The number of anilines is 3. The summed E-state index contributed by atoms with van der Waals surface area (Å²) in [5.74, 6) is 0.902. The number of aryl methyl sites for hydroxylation is 6. The van der Waals surface area contributed by atoms with Crippen molar-refractivity contribution in [1.82, 2.24) is 0 Å². The molecule has 0 spiro atoms. The molecule has 0 atom stereocenters. The number of para-hydroxylation sites is 2. The molecular formula is C48H38BNO2. The summed E-state index contributed by atoms with van der Waals surface area (Å²) in [5.41, 5.74) is 22.3. The Bertz CT molecular complexity index is 2740. The third-order valence-corrected chi connectivity index (χ3v) is 11.2. The number of rotatable bonds is 3. The zero-order chi connectivity index (χ0) is 35.4. The molecule has 250 valence electrons. The quantitative estimate of drug-likeness (QED) is 0.175. The van der Waals surface area contributed by atoms with Gasteiger partial charge in [0.05, 0.1) is 5.69 Å². The third kappa shape index (κ3) is 4.47. The van der Waals surface area contributed by atoms with Crippen LogP contribution in [-0.4, -0.2) is 6.92 Å². The van der Waals surface area contributed by atoms with Crippen LogP contribution in [-0.2, 0) is 0 Å². The first kappa shape index (κ1) is 30.8. The zero-order valence-corrected chi connectivity index (χ0v) is 30.4.